The molecule has 0 saturated heterocycles. The highest BCUT2D eigenvalue weighted by Gasteiger charge is 2.31. The van der Waals surface area contributed by atoms with Crippen LogP contribution in [0.4, 0.5) is 0 Å². The van der Waals surface area contributed by atoms with Gasteiger partial charge in [0.05, 0.1) is 12.7 Å². The molecule has 0 aromatic heterocycles. The molecule has 2 rings (SSSR count). The fourth-order valence-corrected chi connectivity index (χ4v) is 3.08. The van der Waals surface area contributed by atoms with Crippen LogP contribution in [0.5, 0.6) is 0 Å². The Bertz CT molecular complexity index is 344. The van der Waals surface area contributed by atoms with Gasteiger partial charge in [0, 0.05) is 0 Å². The van der Waals surface area contributed by atoms with Gasteiger partial charge in [-0.2, -0.15) is 0 Å². The Kier molecular flexibility index (Phi) is 4.82. The third-order valence-electron chi connectivity index (χ3n) is 4.27. The molecule has 0 spiro atoms. The maximum absolute atomic E-state index is 6.21. The minimum atomic E-state index is 0.453. The number of hydrogen-bond donors (Lipinski definition) is 0. The van der Waals surface area contributed by atoms with E-state index in [9.17, 15) is 0 Å². The molecule has 0 heterocycles. The summed E-state index contributed by atoms with van der Waals surface area (Å²) in [6.45, 7) is 7.79. The van der Waals surface area contributed by atoms with Gasteiger partial charge < -0.3 is 4.74 Å². The van der Waals surface area contributed by atoms with Gasteiger partial charge in [0.25, 0.3) is 0 Å². The molecule has 1 saturated carbocycles. The average Bonchev–Trinajstić information content (AvgIpc) is 2.37. The first-order chi connectivity index (χ1) is 8.66. The second-order valence-corrected chi connectivity index (χ2v) is 6.16. The van der Waals surface area contributed by atoms with Crippen LogP contribution in [0.2, 0.25) is 0 Å². The van der Waals surface area contributed by atoms with Crippen LogP contribution in [0.25, 0.3) is 0 Å². The number of benzene rings is 1. The molecular formula is C17H26O. The van der Waals surface area contributed by atoms with Crippen molar-refractivity contribution in [1.29, 1.82) is 0 Å². The first-order valence-corrected chi connectivity index (χ1v) is 7.32. The maximum Gasteiger partial charge on any atom is 0.0720 e. The van der Waals surface area contributed by atoms with Gasteiger partial charge in [-0.3, -0.25) is 0 Å². The highest BCUT2D eigenvalue weighted by molar-refractivity contribution is 5.13. The van der Waals surface area contributed by atoms with Gasteiger partial charge in [-0.05, 0) is 36.2 Å². The van der Waals surface area contributed by atoms with Crippen LogP contribution in [-0.4, -0.2) is 6.10 Å². The van der Waals surface area contributed by atoms with E-state index in [0.29, 0.717) is 6.10 Å². The Hall–Kier alpha value is -0.820. The molecule has 0 N–H and O–H groups in total. The van der Waals surface area contributed by atoms with E-state index in [0.717, 1.165) is 24.4 Å². The molecule has 0 aliphatic heterocycles. The summed E-state index contributed by atoms with van der Waals surface area (Å²) < 4.78 is 6.21. The van der Waals surface area contributed by atoms with Crippen molar-refractivity contribution in [1.82, 2.24) is 0 Å². The number of rotatable bonds is 4. The van der Waals surface area contributed by atoms with Crippen LogP contribution in [0.1, 0.15) is 45.6 Å². The van der Waals surface area contributed by atoms with E-state index >= 15 is 0 Å². The number of hydrogen-bond acceptors (Lipinski definition) is 1. The van der Waals surface area contributed by atoms with Crippen molar-refractivity contribution in [3.8, 4) is 0 Å². The van der Waals surface area contributed by atoms with Gasteiger partial charge >= 0.3 is 0 Å². The Morgan fingerprint density at radius 2 is 1.89 bits per heavy atom. The first-order valence-electron chi connectivity index (χ1n) is 7.32. The van der Waals surface area contributed by atoms with Crippen LogP contribution >= 0.6 is 0 Å². The van der Waals surface area contributed by atoms with E-state index in [2.05, 4.69) is 51.1 Å². The number of ether oxygens (including phenoxy) is 1. The van der Waals surface area contributed by atoms with Crippen molar-refractivity contribution < 1.29 is 4.74 Å². The average molecular weight is 246 g/mol. The Balaban J connectivity index is 1.92. The zero-order valence-corrected chi connectivity index (χ0v) is 11.9. The van der Waals surface area contributed by atoms with Crippen LogP contribution in [0.15, 0.2) is 30.3 Å². The third kappa shape index (κ3) is 3.58. The molecule has 1 fully saturated rings. The molecule has 3 atom stereocenters. The molecule has 1 nitrogen and oxygen atoms in total. The fraction of sp³-hybridized carbons (Fsp3) is 0.647. The normalized spacial score (nSPS) is 28.6. The third-order valence-corrected chi connectivity index (χ3v) is 4.27. The molecule has 0 bridgehead atoms. The molecule has 1 aromatic rings. The Morgan fingerprint density at radius 1 is 1.17 bits per heavy atom. The maximum atomic E-state index is 6.21. The molecule has 0 amide bonds. The van der Waals surface area contributed by atoms with E-state index in [1.54, 1.807) is 0 Å². The van der Waals surface area contributed by atoms with Crippen LogP contribution < -0.4 is 0 Å². The highest BCUT2D eigenvalue weighted by Crippen LogP contribution is 2.35. The second-order valence-electron chi connectivity index (χ2n) is 6.16. The van der Waals surface area contributed by atoms with Crippen molar-refractivity contribution in [2.24, 2.45) is 17.8 Å². The van der Waals surface area contributed by atoms with E-state index in [-0.39, 0.29) is 0 Å². The van der Waals surface area contributed by atoms with E-state index in [1.807, 2.05) is 0 Å². The van der Waals surface area contributed by atoms with Crippen molar-refractivity contribution in [3.05, 3.63) is 35.9 Å². The summed E-state index contributed by atoms with van der Waals surface area (Å²) in [5, 5.41) is 0. The van der Waals surface area contributed by atoms with Gasteiger partial charge in [0.15, 0.2) is 0 Å². The predicted molar refractivity (Wildman–Crippen MR) is 76.4 cm³/mol. The minimum Gasteiger partial charge on any atom is -0.373 e. The summed E-state index contributed by atoms with van der Waals surface area (Å²) in [6.07, 6.45) is 4.39. The summed E-state index contributed by atoms with van der Waals surface area (Å²) in [4.78, 5) is 0. The lowest BCUT2D eigenvalue weighted by molar-refractivity contribution is -0.0472. The SMILES string of the molecule is CC1CCC(C(C)C)C(OCc2ccccc2)C1. The first kappa shape index (κ1) is 13.6. The van der Waals surface area contributed by atoms with Gasteiger partial charge in [0.1, 0.15) is 0 Å². The summed E-state index contributed by atoms with van der Waals surface area (Å²) in [6, 6.07) is 10.5. The monoisotopic (exact) mass is 246 g/mol. The quantitative estimate of drug-likeness (QED) is 0.750. The van der Waals surface area contributed by atoms with E-state index < -0.39 is 0 Å². The molecular weight excluding hydrogens is 220 g/mol. The van der Waals surface area contributed by atoms with Crippen LogP contribution in [0.3, 0.4) is 0 Å². The Morgan fingerprint density at radius 3 is 2.56 bits per heavy atom. The lowest BCUT2D eigenvalue weighted by atomic mass is 9.75. The topological polar surface area (TPSA) is 9.23 Å². The van der Waals surface area contributed by atoms with Gasteiger partial charge in [-0.1, -0.05) is 57.5 Å². The predicted octanol–water partition coefficient (Wildman–Crippen LogP) is 4.66. The standard InChI is InChI=1S/C17H26O/c1-13(2)16-10-9-14(3)11-17(16)18-12-15-7-5-4-6-8-15/h4-8,13-14,16-17H,9-12H2,1-3H3. The van der Waals surface area contributed by atoms with Gasteiger partial charge in [-0.15, -0.1) is 0 Å². The second kappa shape index (κ2) is 6.38. The molecule has 1 aliphatic rings. The van der Waals surface area contributed by atoms with Crippen LogP contribution in [0, 0.1) is 17.8 Å². The zero-order valence-electron chi connectivity index (χ0n) is 11.9. The minimum absolute atomic E-state index is 0.453. The molecule has 1 aliphatic carbocycles. The summed E-state index contributed by atoms with van der Waals surface area (Å²) in [5.74, 6) is 2.30. The molecule has 3 unspecified atom stereocenters. The van der Waals surface area contributed by atoms with Gasteiger partial charge in [0.2, 0.25) is 0 Å². The molecule has 1 aromatic carbocycles. The van der Waals surface area contributed by atoms with Crippen molar-refractivity contribution >= 4 is 0 Å². The Labute approximate surface area is 112 Å². The van der Waals surface area contributed by atoms with E-state index in [1.165, 1.54) is 24.8 Å². The summed E-state index contributed by atoms with van der Waals surface area (Å²) in [7, 11) is 0. The fourth-order valence-electron chi connectivity index (χ4n) is 3.08. The van der Waals surface area contributed by atoms with Crippen LogP contribution in [-0.2, 0) is 11.3 Å². The largest absolute Gasteiger partial charge is 0.373 e. The summed E-state index contributed by atoms with van der Waals surface area (Å²) in [5.41, 5.74) is 1.29. The van der Waals surface area contributed by atoms with E-state index in [4.69, 9.17) is 4.74 Å². The lowest BCUT2D eigenvalue weighted by Crippen LogP contribution is -2.34. The lowest BCUT2D eigenvalue weighted by Gasteiger charge is -2.37. The van der Waals surface area contributed by atoms with Crippen molar-refractivity contribution in [2.45, 2.75) is 52.7 Å². The molecule has 1 heteroatoms. The highest BCUT2D eigenvalue weighted by atomic mass is 16.5. The zero-order chi connectivity index (χ0) is 13.0. The molecule has 100 valence electrons. The molecule has 0 radical (unpaired) electrons. The molecule has 18 heavy (non-hydrogen) atoms. The smallest absolute Gasteiger partial charge is 0.0720 e. The van der Waals surface area contributed by atoms with Crippen molar-refractivity contribution in [3.63, 3.8) is 0 Å². The van der Waals surface area contributed by atoms with Gasteiger partial charge in [-0.25, -0.2) is 0 Å². The van der Waals surface area contributed by atoms with Crippen molar-refractivity contribution in [2.75, 3.05) is 0 Å². The summed E-state index contributed by atoms with van der Waals surface area (Å²) >= 11 is 0.